The van der Waals surface area contributed by atoms with Gasteiger partial charge < -0.3 is 15.7 Å². The first kappa shape index (κ1) is 11.0. The number of hydrogen-bond donors (Lipinski definition) is 3. The molecule has 14 heavy (non-hydrogen) atoms. The van der Waals surface area contributed by atoms with Crippen molar-refractivity contribution in [1.82, 2.24) is 10.6 Å². The molecule has 0 aliphatic rings. The highest BCUT2D eigenvalue weighted by molar-refractivity contribution is 5.42. The Bertz CT molecular complexity index is 310. The van der Waals surface area contributed by atoms with Crippen molar-refractivity contribution in [1.29, 1.82) is 0 Å². The Kier molecular flexibility index (Phi) is 3.92. The highest BCUT2D eigenvalue weighted by Crippen LogP contribution is 2.23. The second-order valence-electron chi connectivity index (χ2n) is 3.48. The van der Waals surface area contributed by atoms with Gasteiger partial charge in [-0.3, -0.25) is 0 Å². The van der Waals surface area contributed by atoms with Crippen LogP contribution in [0.3, 0.4) is 0 Å². The summed E-state index contributed by atoms with van der Waals surface area (Å²) in [6.45, 7) is 3.45. The summed E-state index contributed by atoms with van der Waals surface area (Å²) in [4.78, 5) is 0. The van der Waals surface area contributed by atoms with Crippen LogP contribution in [0, 0.1) is 6.92 Å². The van der Waals surface area contributed by atoms with Gasteiger partial charge in [0.1, 0.15) is 5.75 Å². The van der Waals surface area contributed by atoms with Gasteiger partial charge in [0, 0.05) is 18.7 Å². The van der Waals surface area contributed by atoms with E-state index in [4.69, 9.17) is 0 Å². The van der Waals surface area contributed by atoms with Gasteiger partial charge in [-0.15, -0.1) is 0 Å². The Morgan fingerprint density at radius 2 is 1.79 bits per heavy atom. The number of hydrogen-bond acceptors (Lipinski definition) is 3. The number of aryl methyl sites for hydroxylation is 1. The Morgan fingerprint density at radius 1 is 1.14 bits per heavy atom. The molecule has 0 unspecified atom stereocenters. The van der Waals surface area contributed by atoms with Crippen molar-refractivity contribution < 1.29 is 5.11 Å². The first-order chi connectivity index (χ1) is 6.69. The molecule has 0 aliphatic heterocycles. The summed E-state index contributed by atoms with van der Waals surface area (Å²) in [5.41, 5.74) is 3.09. The second-order valence-corrected chi connectivity index (χ2v) is 3.48. The molecule has 0 amide bonds. The van der Waals surface area contributed by atoms with E-state index in [1.54, 1.807) is 0 Å². The lowest BCUT2D eigenvalue weighted by molar-refractivity contribution is 0.461. The number of phenols is 1. The fraction of sp³-hybridized carbons (Fsp3) is 0.455. The van der Waals surface area contributed by atoms with Gasteiger partial charge in [0.2, 0.25) is 0 Å². The normalized spacial score (nSPS) is 10.5. The molecule has 78 valence electrons. The molecule has 0 saturated carbocycles. The van der Waals surface area contributed by atoms with E-state index in [1.807, 2.05) is 33.2 Å². The van der Waals surface area contributed by atoms with E-state index in [0.717, 1.165) is 17.7 Å². The molecule has 1 aromatic rings. The molecule has 0 bridgehead atoms. The van der Waals surface area contributed by atoms with Crippen molar-refractivity contribution in [2.45, 2.75) is 20.0 Å². The van der Waals surface area contributed by atoms with Crippen LogP contribution in [-0.4, -0.2) is 19.2 Å². The molecule has 1 aromatic carbocycles. The molecule has 0 atom stereocenters. The van der Waals surface area contributed by atoms with E-state index in [1.165, 1.54) is 5.56 Å². The van der Waals surface area contributed by atoms with E-state index < -0.39 is 0 Å². The second kappa shape index (κ2) is 4.98. The minimum Gasteiger partial charge on any atom is -0.507 e. The van der Waals surface area contributed by atoms with Gasteiger partial charge in [0.05, 0.1) is 0 Å². The summed E-state index contributed by atoms with van der Waals surface area (Å²) in [5, 5.41) is 15.9. The summed E-state index contributed by atoms with van der Waals surface area (Å²) in [5.74, 6) is 0.402. The van der Waals surface area contributed by atoms with E-state index >= 15 is 0 Å². The summed E-state index contributed by atoms with van der Waals surface area (Å²) in [6.07, 6.45) is 0. The molecule has 0 spiro atoms. The number of benzene rings is 1. The van der Waals surface area contributed by atoms with Crippen molar-refractivity contribution in [2.24, 2.45) is 0 Å². The van der Waals surface area contributed by atoms with Crippen LogP contribution >= 0.6 is 0 Å². The van der Waals surface area contributed by atoms with Crippen LogP contribution in [-0.2, 0) is 13.1 Å². The van der Waals surface area contributed by atoms with Gasteiger partial charge in [-0.2, -0.15) is 0 Å². The molecule has 3 nitrogen and oxygen atoms in total. The Hall–Kier alpha value is -1.06. The van der Waals surface area contributed by atoms with Crippen LogP contribution in [0.15, 0.2) is 12.1 Å². The third kappa shape index (κ3) is 2.47. The smallest absolute Gasteiger partial charge is 0.122 e. The van der Waals surface area contributed by atoms with E-state index in [-0.39, 0.29) is 0 Å². The SMILES string of the molecule is CNCc1cc(C)c(O)c(CNC)c1. The lowest BCUT2D eigenvalue weighted by Crippen LogP contribution is -2.09. The maximum Gasteiger partial charge on any atom is 0.122 e. The monoisotopic (exact) mass is 194 g/mol. The predicted molar refractivity (Wildman–Crippen MR) is 58.4 cm³/mol. The molecular weight excluding hydrogens is 176 g/mol. The lowest BCUT2D eigenvalue weighted by Gasteiger charge is -2.10. The van der Waals surface area contributed by atoms with Gasteiger partial charge in [-0.05, 0) is 38.2 Å². The molecule has 0 radical (unpaired) electrons. The van der Waals surface area contributed by atoms with Crippen LogP contribution in [0.1, 0.15) is 16.7 Å². The van der Waals surface area contributed by atoms with Gasteiger partial charge in [-0.1, -0.05) is 6.07 Å². The van der Waals surface area contributed by atoms with Crippen molar-refractivity contribution in [2.75, 3.05) is 14.1 Å². The Labute approximate surface area is 85.2 Å². The maximum absolute atomic E-state index is 9.76. The third-order valence-electron chi connectivity index (χ3n) is 2.19. The standard InChI is InChI=1S/C11H18N2O/c1-8-4-9(6-12-2)5-10(7-13-3)11(8)14/h4-5,12-14H,6-7H2,1-3H3. The van der Waals surface area contributed by atoms with Crippen molar-refractivity contribution in [3.63, 3.8) is 0 Å². The molecule has 3 heteroatoms. The molecular formula is C11H18N2O. The van der Waals surface area contributed by atoms with Gasteiger partial charge in [-0.25, -0.2) is 0 Å². The lowest BCUT2D eigenvalue weighted by atomic mass is 10.0. The topological polar surface area (TPSA) is 44.3 Å². The quantitative estimate of drug-likeness (QED) is 0.673. The van der Waals surface area contributed by atoms with Crippen LogP contribution in [0.25, 0.3) is 0 Å². The highest BCUT2D eigenvalue weighted by Gasteiger charge is 2.05. The van der Waals surface area contributed by atoms with Crippen LogP contribution in [0.2, 0.25) is 0 Å². The largest absolute Gasteiger partial charge is 0.507 e. The highest BCUT2D eigenvalue weighted by atomic mass is 16.3. The molecule has 0 fully saturated rings. The zero-order valence-electron chi connectivity index (χ0n) is 9.02. The summed E-state index contributed by atoms with van der Waals surface area (Å²) < 4.78 is 0. The average Bonchev–Trinajstić information content (AvgIpc) is 2.14. The number of rotatable bonds is 4. The van der Waals surface area contributed by atoms with Gasteiger partial charge >= 0.3 is 0 Å². The van der Waals surface area contributed by atoms with Gasteiger partial charge in [0.25, 0.3) is 0 Å². The minimum atomic E-state index is 0.402. The first-order valence-electron chi connectivity index (χ1n) is 4.79. The first-order valence-corrected chi connectivity index (χ1v) is 4.79. The van der Waals surface area contributed by atoms with Crippen molar-refractivity contribution in [3.05, 3.63) is 28.8 Å². The third-order valence-corrected chi connectivity index (χ3v) is 2.19. The Balaban J connectivity index is 3.01. The van der Waals surface area contributed by atoms with Crippen molar-refractivity contribution >= 4 is 0 Å². The van der Waals surface area contributed by atoms with E-state index in [0.29, 0.717) is 12.3 Å². The van der Waals surface area contributed by atoms with Crippen molar-refractivity contribution in [3.8, 4) is 5.75 Å². The molecule has 0 aliphatic carbocycles. The summed E-state index contributed by atoms with van der Waals surface area (Å²) in [6, 6.07) is 4.03. The number of phenolic OH excluding ortho intramolecular Hbond substituents is 1. The summed E-state index contributed by atoms with van der Waals surface area (Å²) >= 11 is 0. The van der Waals surface area contributed by atoms with Crippen LogP contribution in [0.4, 0.5) is 0 Å². The zero-order chi connectivity index (χ0) is 10.6. The molecule has 0 aromatic heterocycles. The molecule has 3 N–H and O–H groups in total. The van der Waals surface area contributed by atoms with Crippen LogP contribution in [0.5, 0.6) is 5.75 Å². The fourth-order valence-corrected chi connectivity index (χ4v) is 1.56. The molecule has 0 saturated heterocycles. The number of nitrogens with one attached hydrogen (secondary N) is 2. The predicted octanol–water partition coefficient (Wildman–Crippen LogP) is 1.14. The van der Waals surface area contributed by atoms with Gasteiger partial charge in [0.15, 0.2) is 0 Å². The Morgan fingerprint density at radius 3 is 2.36 bits per heavy atom. The molecule has 0 heterocycles. The van der Waals surface area contributed by atoms with E-state index in [2.05, 4.69) is 10.6 Å². The van der Waals surface area contributed by atoms with Crippen LogP contribution < -0.4 is 10.6 Å². The minimum absolute atomic E-state index is 0.402. The average molecular weight is 194 g/mol. The maximum atomic E-state index is 9.76. The zero-order valence-corrected chi connectivity index (χ0v) is 9.02. The van der Waals surface area contributed by atoms with E-state index in [9.17, 15) is 5.11 Å². The summed E-state index contributed by atoms with van der Waals surface area (Å²) in [7, 11) is 3.79. The fourth-order valence-electron chi connectivity index (χ4n) is 1.56. The number of aromatic hydroxyl groups is 1. The molecule has 1 rings (SSSR count).